The SMILES string of the molecule is CC(C)(C)C1CCC(OC(=O)CCCC(=O)Oc2c(F)cccc2Cl)CC1. The van der Waals surface area contributed by atoms with Crippen molar-refractivity contribution in [2.75, 3.05) is 0 Å². The van der Waals surface area contributed by atoms with Gasteiger partial charge in [-0.15, -0.1) is 0 Å². The molecule has 0 amide bonds. The molecule has 0 saturated heterocycles. The van der Waals surface area contributed by atoms with Crippen LogP contribution in [0.1, 0.15) is 65.7 Å². The Hall–Kier alpha value is -1.62. The largest absolute Gasteiger partial charge is 0.462 e. The van der Waals surface area contributed by atoms with E-state index in [1.165, 1.54) is 18.2 Å². The van der Waals surface area contributed by atoms with E-state index in [0.29, 0.717) is 12.3 Å². The average Bonchev–Trinajstić information content (AvgIpc) is 2.58. The second kappa shape index (κ2) is 9.54. The predicted octanol–water partition coefficient (Wildman–Crippen LogP) is 5.70. The lowest BCUT2D eigenvalue weighted by molar-refractivity contribution is -0.151. The van der Waals surface area contributed by atoms with Crippen LogP contribution in [0.4, 0.5) is 4.39 Å². The first-order chi connectivity index (χ1) is 12.7. The summed E-state index contributed by atoms with van der Waals surface area (Å²) < 4.78 is 24.1. The average molecular weight is 399 g/mol. The quantitative estimate of drug-likeness (QED) is 0.455. The Kier molecular flexibility index (Phi) is 7.66. The van der Waals surface area contributed by atoms with E-state index in [2.05, 4.69) is 20.8 Å². The van der Waals surface area contributed by atoms with Gasteiger partial charge in [-0.25, -0.2) is 4.39 Å². The van der Waals surface area contributed by atoms with Gasteiger partial charge >= 0.3 is 11.9 Å². The van der Waals surface area contributed by atoms with Gasteiger partial charge in [-0.05, 0) is 55.6 Å². The van der Waals surface area contributed by atoms with Crippen LogP contribution >= 0.6 is 11.6 Å². The highest BCUT2D eigenvalue weighted by Crippen LogP contribution is 2.38. The Morgan fingerprint density at radius 3 is 2.33 bits per heavy atom. The molecule has 0 atom stereocenters. The van der Waals surface area contributed by atoms with Crippen LogP contribution in [0, 0.1) is 17.2 Å². The van der Waals surface area contributed by atoms with Crippen LogP contribution in [-0.2, 0) is 14.3 Å². The van der Waals surface area contributed by atoms with E-state index in [1.54, 1.807) is 0 Å². The summed E-state index contributed by atoms with van der Waals surface area (Å²) in [5.74, 6) is -1.23. The fourth-order valence-electron chi connectivity index (χ4n) is 3.41. The molecule has 0 radical (unpaired) electrons. The molecule has 1 aliphatic rings. The lowest BCUT2D eigenvalue weighted by Crippen LogP contribution is -2.30. The summed E-state index contributed by atoms with van der Waals surface area (Å²) in [6.45, 7) is 6.74. The van der Waals surface area contributed by atoms with Crippen LogP contribution in [0.2, 0.25) is 5.02 Å². The molecule has 0 bridgehead atoms. The fourth-order valence-corrected chi connectivity index (χ4v) is 3.62. The van der Waals surface area contributed by atoms with E-state index in [1.807, 2.05) is 0 Å². The van der Waals surface area contributed by atoms with Gasteiger partial charge in [0.2, 0.25) is 0 Å². The van der Waals surface area contributed by atoms with Crippen molar-refractivity contribution in [1.82, 2.24) is 0 Å². The van der Waals surface area contributed by atoms with Gasteiger partial charge in [-0.3, -0.25) is 9.59 Å². The molecule has 0 unspecified atom stereocenters. The number of rotatable bonds is 6. The second-order valence-corrected chi connectivity index (χ2v) is 8.62. The first-order valence-electron chi connectivity index (χ1n) is 9.51. The van der Waals surface area contributed by atoms with E-state index in [4.69, 9.17) is 21.1 Å². The Morgan fingerprint density at radius 2 is 1.74 bits per heavy atom. The highest BCUT2D eigenvalue weighted by atomic mass is 35.5. The Bertz CT molecular complexity index is 640. The minimum atomic E-state index is -0.693. The molecule has 0 aromatic heterocycles. The first kappa shape index (κ1) is 21.7. The Balaban J connectivity index is 1.67. The lowest BCUT2D eigenvalue weighted by atomic mass is 9.72. The van der Waals surface area contributed by atoms with Gasteiger partial charge in [0.1, 0.15) is 6.10 Å². The zero-order chi connectivity index (χ0) is 20.0. The number of benzene rings is 1. The highest BCUT2D eigenvalue weighted by Gasteiger charge is 2.31. The van der Waals surface area contributed by atoms with Crippen LogP contribution in [0.25, 0.3) is 0 Å². The molecule has 1 saturated carbocycles. The highest BCUT2D eigenvalue weighted by molar-refractivity contribution is 6.32. The third-order valence-electron chi connectivity index (χ3n) is 5.09. The molecule has 6 heteroatoms. The van der Waals surface area contributed by atoms with E-state index >= 15 is 0 Å². The minimum Gasteiger partial charge on any atom is -0.462 e. The maximum Gasteiger partial charge on any atom is 0.311 e. The van der Waals surface area contributed by atoms with E-state index in [9.17, 15) is 14.0 Å². The van der Waals surface area contributed by atoms with Crippen molar-refractivity contribution in [3.8, 4) is 5.75 Å². The molecule has 1 aromatic carbocycles. The molecule has 0 N–H and O–H groups in total. The number of carbonyl (C=O) groups excluding carboxylic acids is 2. The maximum atomic E-state index is 13.6. The maximum absolute atomic E-state index is 13.6. The van der Waals surface area contributed by atoms with Crippen molar-refractivity contribution in [3.63, 3.8) is 0 Å². The van der Waals surface area contributed by atoms with E-state index in [0.717, 1.165) is 25.7 Å². The summed E-state index contributed by atoms with van der Waals surface area (Å²) in [7, 11) is 0. The number of esters is 2. The number of halogens is 2. The molecular formula is C21H28ClFO4. The Labute approximate surface area is 165 Å². The summed E-state index contributed by atoms with van der Waals surface area (Å²) in [5.41, 5.74) is 0.288. The first-order valence-corrected chi connectivity index (χ1v) is 9.89. The summed E-state index contributed by atoms with van der Waals surface area (Å²) >= 11 is 5.81. The van der Waals surface area contributed by atoms with Crippen LogP contribution in [0.5, 0.6) is 5.75 Å². The number of hydrogen-bond donors (Lipinski definition) is 0. The molecule has 0 aliphatic heterocycles. The predicted molar refractivity (Wildman–Crippen MR) is 102 cm³/mol. The lowest BCUT2D eigenvalue weighted by Gasteiger charge is -2.36. The number of carbonyl (C=O) groups is 2. The Morgan fingerprint density at radius 1 is 1.11 bits per heavy atom. The fraction of sp³-hybridized carbons (Fsp3) is 0.619. The van der Waals surface area contributed by atoms with Gasteiger partial charge in [0.05, 0.1) is 5.02 Å². The normalized spacial score (nSPS) is 20.2. The summed E-state index contributed by atoms with van der Waals surface area (Å²) in [6.07, 6.45) is 4.31. The molecule has 0 heterocycles. The molecule has 2 rings (SSSR count). The third-order valence-corrected chi connectivity index (χ3v) is 5.39. The van der Waals surface area contributed by atoms with Crippen molar-refractivity contribution >= 4 is 23.5 Å². The van der Waals surface area contributed by atoms with Crippen molar-refractivity contribution in [2.24, 2.45) is 11.3 Å². The molecule has 150 valence electrons. The zero-order valence-electron chi connectivity index (χ0n) is 16.2. The second-order valence-electron chi connectivity index (χ2n) is 8.21. The summed E-state index contributed by atoms with van der Waals surface area (Å²) in [5, 5.41) is 0.0358. The van der Waals surface area contributed by atoms with Crippen molar-refractivity contribution in [3.05, 3.63) is 29.0 Å². The molecule has 0 spiro atoms. The standard InChI is InChI=1S/C21H28ClFO4/c1-21(2,3)14-10-12-15(13-11-14)26-18(24)8-5-9-19(25)27-20-16(22)6-4-7-17(20)23/h4,6-7,14-15H,5,8-13H2,1-3H3. The topological polar surface area (TPSA) is 52.6 Å². The third kappa shape index (κ3) is 6.80. The van der Waals surface area contributed by atoms with Crippen molar-refractivity contribution in [1.29, 1.82) is 0 Å². The van der Waals surface area contributed by atoms with E-state index < -0.39 is 11.8 Å². The molecule has 1 aliphatic carbocycles. The van der Waals surface area contributed by atoms with Crippen LogP contribution in [0.15, 0.2) is 18.2 Å². The van der Waals surface area contributed by atoms with Crippen molar-refractivity contribution < 1.29 is 23.5 Å². The summed E-state index contributed by atoms with van der Waals surface area (Å²) in [6, 6.07) is 4.04. The molecule has 1 aromatic rings. The van der Waals surface area contributed by atoms with Crippen LogP contribution in [-0.4, -0.2) is 18.0 Å². The molecule has 27 heavy (non-hydrogen) atoms. The van der Waals surface area contributed by atoms with Gasteiger partial charge in [0, 0.05) is 12.8 Å². The van der Waals surface area contributed by atoms with Crippen LogP contribution in [0.3, 0.4) is 0 Å². The number of hydrogen-bond acceptors (Lipinski definition) is 4. The van der Waals surface area contributed by atoms with Gasteiger partial charge in [0.15, 0.2) is 11.6 Å². The van der Waals surface area contributed by atoms with Crippen molar-refractivity contribution in [2.45, 2.75) is 71.8 Å². The molecule has 4 nitrogen and oxygen atoms in total. The van der Waals surface area contributed by atoms with Gasteiger partial charge in [-0.2, -0.15) is 0 Å². The van der Waals surface area contributed by atoms with Gasteiger partial charge in [-0.1, -0.05) is 38.4 Å². The molecular weight excluding hydrogens is 371 g/mol. The number of ether oxygens (including phenoxy) is 2. The minimum absolute atomic E-state index is 0.00344. The smallest absolute Gasteiger partial charge is 0.311 e. The van der Waals surface area contributed by atoms with E-state index in [-0.39, 0.29) is 41.1 Å². The van der Waals surface area contributed by atoms with Gasteiger partial charge in [0.25, 0.3) is 0 Å². The number of para-hydroxylation sites is 1. The van der Waals surface area contributed by atoms with Crippen LogP contribution < -0.4 is 4.74 Å². The monoisotopic (exact) mass is 398 g/mol. The van der Waals surface area contributed by atoms with Gasteiger partial charge < -0.3 is 9.47 Å². The zero-order valence-corrected chi connectivity index (χ0v) is 17.0. The molecule has 1 fully saturated rings. The summed E-state index contributed by atoms with van der Waals surface area (Å²) in [4.78, 5) is 23.8.